The molecule has 1 unspecified atom stereocenters. The maximum absolute atomic E-state index is 12.8. The lowest BCUT2D eigenvalue weighted by atomic mass is 10.0. The average Bonchev–Trinajstić information content (AvgIpc) is 3.39. The van der Waals surface area contributed by atoms with Gasteiger partial charge in [-0.3, -0.25) is 9.69 Å². The molecule has 4 rings (SSSR count). The van der Waals surface area contributed by atoms with Crippen molar-refractivity contribution >= 4 is 33.3 Å². The summed E-state index contributed by atoms with van der Waals surface area (Å²) in [6, 6.07) is 9.29. The van der Waals surface area contributed by atoms with Gasteiger partial charge in [-0.05, 0) is 42.6 Å². The van der Waals surface area contributed by atoms with Crippen molar-refractivity contribution in [3.63, 3.8) is 0 Å². The van der Waals surface area contributed by atoms with E-state index in [1.54, 1.807) is 19.1 Å². The Morgan fingerprint density at radius 2 is 1.87 bits per heavy atom. The molecule has 2 aliphatic heterocycles. The lowest BCUT2D eigenvalue weighted by Crippen LogP contribution is -2.40. The van der Waals surface area contributed by atoms with Crippen LogP contribution < -0.4 is 10.1 Å². The molecule has 0 radical (unpaired) electrons. The summed E-state index contributed by atoms with van der Waals surface area (Å²) in [6.07, 6.45) is 0. The zero-order chi connectivity index (χ0) is 22.1. The van der Waals surface area contributed by atoms with Gasteiger partial charge in [-0.1, -0.05) is 6.07 Å². The van der Waals surface area contributed by atoms with Gasteiger partial charge in [0.25, 0.3) is 5.91 Å². The van der Waals surface area contributed by atoms with Crippen LogP contribution in [0.4, 0.5) is 4.79 Å². The second-order valence-electron chi connectivity index (χ2n) is 7.33. The first-order chi connectivity index (χ1) is 14.8. The van der Waals surface area contributed by atoms with Crippen molar-refractivity contribution in [3.05, 3.63) is 46.7 Å². The molecule has 2 aliphatic rings. The number of nitrogens with zero attached hydrogens (tertiary/aromatic N) is 2. The van der Waals surface area contributed by atoms with Crippen LogP contribution in [0, 0.1) is 0 Å². The Labute approximate surface area is 184 Å². The third kappa shape index (κ3) is 4.18. The Bertz CT molecular complexity index is 1050. The van der Waals surface area contributed by atoms with E-state index >= 15 is 0 Å². The van der Waals surface area contributed by atoms with Crippen LogP contribution in [0.5, 0.6) is 5.75 Å². The van der Waals surface area contributed by atoms with E-state index in [4.69, 9.17) is 9.47 Å². The van der Waals surface area contributed by atoms with E-state index in [2.05, 4.69) is 5.32 Å². The van der Waals surface area contributed by atoms with Crippen molar-refractivity contribution in [1.82, 2.24) is 14.5 Å². The molecule has 1 aromatic heterocycles. The summed E-state index contributed by atoms with van der Waals surface area (Å²) in [5.41, 5.74) is -1.07. The van der Waals surface area contributed by atoms with Crippen LogP contribution in [0.3, 0.4) is 0 Å². The van der Waals surface area contributed by atoms with E-state index in [1.807, 2.05) is 17.5 Å². The van der Waals surface area contributed by atoms with Crippen molar-refractivity contribution in [2.75, 3.05) is 39.5 Å². The summed E-state index contributed by atoms with van der Waals surface area (Å²) in [6.45, 7) is 3.29. The number of benzene rings is 1. The fourth-order valence-electron chi connectivity index (χ4n) is 3.53. The summed E-state index contributed by atoms with van der Waals surface area (Å²) in [5.74, 6) is 0.129. The van der Waals surface area contributed by atoms with Crippen molar-refractivity contribution in [3.8, 4) is 5.75 Å². The van der Waals surface area contributed by atoms with Crippen LogP contribution in [0.15, 0.2) is 46.7 Å². The number of urea groups is 1. The van der Waals surface area contributed by atoms with Gasteiger partial charge in [-0.15, -0.1) is 11.3 Å². The minimum absolute atomic E-state index is 0.0828. The maximum atomic E-state index is 12.8. The van der Waals surface area contributed by atoms with E-state index in [0.29, 0.717) is 32.1 Å². The zero-order valence-corrected chi connectivity index (χ0v) is 18.6. The normalized spacial score (nSPS) is 22.5. The van der Waals surface area contributed by atoms with E-state index in [9.17, 15) is 18.0 Å². The third-order valence-corrected chi connectivity index (χ3v) is 8.31. The van der Waals surface area contributed by atoms with Crippen LogP contribution in [0.1, 0.15) is 11.8 Å². The number of hydrogen-bond donors (Lipinski definition) is 1. The number of carbonyl (C=O) groups is 2. The molecular weight excluding hydrogens is 442 g/mol. The molecule has 3 heterocycles. The number of ether oxygens (including phenoxy) is 2. The smallest absolute Gasteiger partial charge is 0.325 e. The van der Waals surface area contributed by atoms with Gasteiger partial charge >= 0.3 is 6.03 Å². The second-order valence-corrected chi connectivity index (χ2v) is 10.2. The maximum Gasteiger partial charge on any atom is 0.325 e. The molecule has 1 aromatic carbocycles. The molecule has 9 nitrogen and oxygen atoms in total. The zero-order valence-electron chi connectivity index (χ0n) is 16.9. The second kappa shape index (κ2) is 8.58. The van der Waals surface area contributed by atoms with Crippen molar-refractivity contribution in [1.29, 1.82) is 0 Å². The van der Waals surface area contributed by atoms with Gasteiger partial charge in [0.2, 0.25) is 10.0 Å². The fourth-order valence-corrected chi connectivity index (χ4v) is 5.77. The summed E-state index contributed by atoms with van der Waals surface area (Å²) >= 11 is 1.41. The van der Waals surface area contributed by atoms with Gasteiger partial charge in [0, 0.05) is 18.0 Å². The van der Waals surface area contributed by atoms with Crippen molar-refractivity contribution in [2.45, 2.75) is 17.4 Å². The molecular formula is C20H23N3O6S2. The van der Waals surface area contributed by atoms with E-state index in [1.165, 1.54) is 27.8 Å². The number of amides is 3. The number of morpholine rings is 1. The van der Waals surface area contributed by atoms with E-state index in [0.717, 1.165) is 9.78 Å². The first-order valence-electron chi connectivity index (χ1n) is 9.81. The first-order valence-corrected chi connectivity index (χ1v) is 12.1. The Hall–Kier alpha value is -2.47. The number of sulfonamides is 1. The number of nitrogens with one attached hydrogen (secondary N) is 1. The summed E-state index contributed by atoms with van der Waals surface area (Å²) in [5, 5.41) is 4.60. The lowest BCUT2D eigenvalue weighted by molar-refractivity contribution is -0.131. The van der Waals surface area contributed by atoms with Crippen LogP contribution in [0.25, 0.3) is 0 Å². The van der Waals surface area contributed by atoms with Crippen LogP contribution in [-0.2, 0) is 25.1 Å². The predicted octanol–water partition coefficient (Wildman–Crippen LogP) is 1.62. The highest BCUT2D eigenvalue weighted by Crippen LogP contribution is 2.31. The van der Waals surface area contributed by atoms with Gasteiger partial charge in [0.1, 0.15) is 12.4 Å². The first kappa shape index (κ1) is 21.8. The molecule has 2 aromatic rings. The number of hydrogen-bond acceptors (Lipinski definition) is 7. The largest absolute Gasteiger partial charge is 0.492 e. The Balaban J connectivity index is 1.35. The van der Waals surface area contributed by atoms with Crippen molar-refractivity contribution in [2.24, 2.45) is 0 Å². The molecule has 2 saturated heterocycles. The van der Waals surface area contributed by atoms with Crippen LogP contribution in [0.2, 0.25) is 0 Å². The van der Waals surface area contributed by atoms with Crippen LogP contribution >= 0.6 is 11.3 Å². The lowest BCUT2D eigenvalue weighted by Gasteiger charge is -2.26. The third-order valence-electron chi connectivity index (χ3n) is 5.30. The molecule has 0 saturated carbocycles. The number of imide groups is 1. The molecule has 3 amide bonds. The Kier molecular flexibility index (Phi) is 6.02. The van der Waals surface area contributed by atoms with Gasteiger partial charge in [-0.25, -0.2) is 13.2 Å². The van der Waals surface area contributed by atoms with Gasteiger partial charge in [0.15, 0.2) is 5.54 Å². The minimum atomic E-state index is -3.57. The molecule has 1 N–H and O–H groups in total. The monoisotopic (exact) mass is 465 g/mol. The molecule has 2 fully saturated rings. The van der Waals surface area contributed by atoms with Crippen LogP contribution in [-0.4, -0.2) is 69.0 Å². The Morgan fingerprint density at radius 3 is 2.52 bits per heavy atom. The average molecular weight is 466 g/mol. The van der Waals surface area contributed by atoms with Gasteiger partial charge < -0.3 is 14.8 Å². The topological polar surface area (TPSA) is 105 Å². The molecule has 0 bridgehead atoms. The minimum Gasteiger partial charge on any atom is -0.492 e. The number of rotatable bonds is 7. The fraction of sp³-hybridized carbons (Fsp3) is 0.400. The molecule has 11 heteroatoms. The molecule has 0 aliphatic carbocycles. The van der Waals surface area contributed by atoms with Gasteiger partial charge in [-0.2, -0.15) is 4.31 Å². The molecule has 0 spiro atoms. The van der Waals surface area contributed by atoms with E-state index in [-0.39, 0.29) is 24.0 Å². The highest BCUT2D eigenvalue weighted by molar-refractivity contribution is 7.89. The van der Waals surface area contributed by atoms with E-state index < -0.39 is 21.6 Å². The highest BCUT2D eigenvalue weighted by Gasteiger charge is 2.49. The number of carbonyl (C=O) groups excluding carboxylic acids is 2. The summed E-state index contributed by atoms with van der Waals surface area (Å²) < 4.78 is 37.6. The summed E-state index contributed by atoms with van der Waals surface area (Å²) in [7, 11) is -3.57. The molecule has 166 valence electrons. The highest BCUT2D eigenvalue weighted by atomic mass is 32.2. The van der Waals surface area contributed by atoms with Gasteiger partial charge in [0.05, 0.1) is 24.7 Å². The SMILES string of the molecule is CC1(c2cccs2)NC(=O)N(CCOc2ccc(S(=O)(=O)N3CCOCC3)cc2)C1=O. The Morgan fingerprint density at radius 1 is 1.16 bits per heavy atom. The molecule has 31 heavy (non-hydrogen) atoms. The van der Waals surface area contributed by atoms with Crippen molar-refractivity contribution < 1.29 is 27.5 Å². The quantitative estimate of drug-likeness (QED) is 0.623. The summed E-state index contributed by atoms with van der Waals surface area (Å²) in [4.78, 5) is 27.2. The standard InChI is InChI=1S/C20H23N3O6S2/c1-20(17-3-2-14-30-17)18(24)23(19(25)21-20)10-13-29-15-4-6-16(7-5-15)31(26,27)22-8-11-28-12-9-22/h2-7,14H,8-13H2,1H3,(H,21,25). The predicted molar refractivity (Wildman–Crippen MR) is 113 cm³/mol. The molecule has 1 atom stereocenters. The number of thiophene rings is 1.